The first-order valence-corrected chi connectivity index (χ1v) is 17.8. The molecule has 46 heavy (non-hydrogen) atoms. The van der Waals surface area contributed by atoms with Crippen LogP contribution in [0.3, 0.4) is 0 Å². The highest BCUT2D eigenvalue weighted by atomic mass is 35.5. The summed E-state index contributed by atoms with van der Waals surface area (Å²) in [5, 5.41) is 27.7. The lowest BCUT2D eigenvalue weighted by Gasteiger charge is -2.47. The molecule has 2 aliphatic heterocycles. The van der Waals surface area contributed by atoms with Gasteiger partial charge in [0, 0.05) is 54.6 Å². The molecular weight excluding hydrogens is 646 g/mol. The van der Waals surface area contributed by atoms with Crippen molar-refractivity contribution in [3.05, 3.63) is 77.8 Å². The number of aromatic hydroxyl groups is 1. The summed E-state index contributed by atoms with van der Waals surface area (Å²) in [5.74, 6) is 0.299. The molecule has 4 N–H and O–H groups in total. The van der Waals surface area contributed by atoms with Crippen molar-refractivity contribution in [3.63, 3.8) is 0 Å². The molecule has 2 aromatic heterocycles. The van der Waals surface area contributed by atoms with E-state index in [0.717, 1.165) is 71.4 Å². The van der Waals surface area contributed by atoms with Crippen LogP contribution in [0.25, 0.3) is 10.2 Å². The van der Waals surface area contributed by atoms with Crippen molar-refractivity contribution < 1.29 is 19.7 Å². The fourth-order valence-corrected chi connectivity index (χ4v) is 8.19. The van der Waals surface area contributed by atoms with Gasteiger partial charge >= 0.3 is 4.87 Å². The predicted octanol–water partition coefficient (Wildman–Crippen LogP) is 4.90. The number of ether oxygens (including phenoxy) is 1. The second-order valence-corrected chi connectivity index (χ2v) is 14.8. The summed E-state index contributed by atoms with van der Waals surface area (Å²) in [6, 6.07) is 9.28. The molecule has 2 aliphatic rings. The molecule has 4 heterocycles. The van der Waals surface area contributed by atoms with Crippen LogP contribution >= 0.6 is 34.3 Å². The molecule has 1 amide bonds. The normalized spacial score (nSPS) is 17.7. The first-order valence-electron chi connectivity index (χ1n) is 15.7. The van der Waals surface area contributed by atoms with Gasteiger partial charge in [-0.05, 0) is 49.1 Å². The summed E-state index contributed by atoms with van der Waals surface area (Å²) < 4.78 is 6.89. The fraction of sp³-hybridized carbons (Fsp3) is 0.485. The molecule has 0 bridgehead atoms. The summed E-state index contributed by atoms with van der Waals surface area (Å²) in [4.78, 5) is 36.3. The molecule has 1 spiro atoms. The van der Waals surface area contributed by atoms with Gasteiger partial charge in [0.05, 0.1) is 34.6 Å². The number of aliphatic hydroxyl groups is 1. The van der Waals surface area contributed by atoms with Gasteiger partial charge in [-0.3, -0.25) is 14.5 Å². The lowest BCUT2D eigenvalue weighted by atomic mass is 9.89. The van der Waals surface area contributed by atoms with Crippen LogP contribution in [0.5, 0.6) is 5.75 Å². The van der Waals surface area contributed by atoms with Gasteiger partial charge in [-0.2, -0.15) is 0 Å². The number of benzene rings is 2. The highest BCUT2D eigenvalue weighted by molar-refractivity contribution is 7.16. The minimum atomic E-state index is -0.818. The topological polar surface area (TPSA) is 131 Å². The molecule has 246 valence electrons. The standard InChI is InChI=1S/C33H40ClN5O5S2/c1-20(2)30-36-25(18-45-30)31(42)39-13-14-44-33(19-39)8-11-38(12-9-33)17-22-15-21(3-5-24(22)34)7-10-35-16-27(41)23-4-6-26(40)28-29(23)46-32(43)37-28/h3-6,15,18,20,27,35,40-41H,7-14,16-17,19H2,1-2H3,(H,37,43)/t27-/m0/s1. The van der Waals surface area contributed by atoms with Gasteiger partial charge in [0.15, 0.2) is 0 Å². The number of nitrogens with zero attached hydrogens (tertiary/aromatic N) is 3. The first-order chi connectivity index (χ1) is 22.1. The smallest absolute Gasteiger partial charge is 0.305 e. The van der Waals surface area contributed by atoms with E-state index in [1.165, 1.54) is 6.07 Å². The zero-order chi connectivity index (χ0) is 32.4. The second-order valence-electron chi connectivity index (χ2n) is 12.5. The third-order valence-electron chi connectivity index (χ3n) is 8.92. The molecule has 1 atom stereocenters. The first kappa shape index (κ1) is 33.1. The number of carbonyl (C=O) groups excluding carboxylic acids is 1. The average Bonchev–Trinajstić information content (AvgIpc) is 3.70. The lowest BCUT2D eigenvalue weighted by Crippen LogP contribution is -2.58. The number of amides is 1. The number of piperidine rings is 1. The average molecular weight is 686 g/mol. The molecule has 10 nitrogen and oxygen atoms in total. The second kappa shape index (κ2) is 14.1. The van der Waals surface area contributed by atoms with Crippen LogP contribution in [0.2, 0.25) is 5.02 Å². The number of phenolic OH excluding ortho intramolecular Hbond substituents is 1. The Bertz CT molecular complexity index is 1750. The van der Waals surface area contributed by atoms with Crippen molar-refractivity contribution in [1.29, 1.82) is 0 Å². The number of aromatic nitrogens is 2. The van der Waals surface area contributed by atoms with E-state index in [2.05, 4.69) is 40.1 Å². The van der Waals surface area contributed by atoms with Gasteiger partial charge in [0.25, 0.3) is 5.91 Å². The Kier molecular flexibility index (Phi) is 10.1. The number of morpholine rings is 1. The Balaban J connectivity index is 0.990. The molecule has 0 aliphatic carbocycles. The van der Waals surface area contributed by atoms with Crippen LogP contribution in [0.1, 0.15) is 70.9 Å². The summed E-state index contributed by atoms with van der Waals surface area (Å²) >= 11 is 9.16. The maximum absolute atomic E-state index is 13.2. The van der Waals surface area contributed by atoms with Gasteiger partial charge in [-0.15, -0.1) is 11.3 Å². The number of carbonyl (C=O) groups is 1. The maximum Gasteiger partial charge on any atom is 0.305 e. The summed E-state index contributed by atoms with van der Waals surface area (Å²) in [5.41, 5.74) is 3.42. The van der Waals surface area contributed by atoms with Crippen LogP contribution in [-0.2, 0) is 17.7 Å². The van der Waals surface area contributed by atoms with Gasteiger partial charge in [0.2, 0.25) is 0 Å². The van der Waals surface area contributed by atoms with E-state index in [4.69, 9.17) is 16.3 Å². The van der Waals surface area contributed by atoms with Crippen LogP contribution in [0, 0.1) is 0 Å². The molecule has 2 saturated heterocycles. The highest BCUT2D eigenvalue weighted by Crippen LogP contribution is 2.33. The van der Waals surface area contributed by atoms with Gasteiger partial charge < -0.3 is 30.2 Å². The van der Waals surface area contributed by atoms with E-state index in [-0.39, 0.29) is 22.1 Å². The Hall–Kier alpha value is -2.84. The van der Waals surface area contributed by atoms with E-state index < -0.39 is 6.10 Å². The van der Waals surface area contributed by atoms with E-state index in [1.54, 1.807) is 17.4 Å². The number of phenols is 1. The van der Waals surface area contributed by atoms with E-state index in [1.807, 2.05) is 22.4 Å². The Morgan fingerprint density at radius 1 is 1.22 bits per heavy atom. The van der Waals surface area contributed by atoms with Gasteiger partial charge in [-0.25, -0.2) is 4.98 Å². The minimum Gasteiger partial charge on any atom is -0.506 e. The third-order valence-corrected chi connectivity index (χ3v) is 11.4. The number of hydrogen-bond donors (Lipinski definition) is 4. The maximum atomic E-state index is 13.2. The van der Waals surface area contributed by atoms with Crippen LogP contribution in [0.4, 0.5) is 0 Å². The third kappa shape index (κ3) is 7.33. The van der Waals surface area contributed by atoms with E-state index in [0.29, 0.717) is 60.2 Å². The molecule has 0 unspecified atom stereocenters. The van der Waals surface area contributed by atoms with Gasteiger partial charge in [-0.1, -0.05) is 55.0 Å². The molecule has 13 heteroatoms. The van der Waals surface area contributed by atoms with E-state index >= 15 is 0 Å². The van der Waals surface area contributed by atoms with Crippen molar-refractivity contribution in [2.45, 2.75) is 57.3 Å². The Morgan fingerprint density at radius 2 is 2.02 bits per heavy atom. The molecular formula is C33H40ClN5O5S2. The van der Waals surface area contributed by atoms with Crippen molar-refractivity contribution in [3.8, 4) is 5.75 Å². The minimum absolute atomic E-state index is 0.00231. The predicted molar refractivity (Wildman–Crippen MR) is 182 cm³/mol. The quantitative estimate of drug-likeness (QED) is 0.174. The molecule has 0 saturated carbocycles. The summed E-state index contributed by atoms with van der Waals surface area (Å²) in [6.07, 6.45) is 1.64. The Labute approximate surface area is 281 Å². The largest absolute Gasteiger partial charge is 0.506 e. The Morgan fingerprint density at radius 3 is 2.78 bits per heavy atom. The number of fused-ring (bicyclic) bond motifs is 1. The van der Waals surface area contributed by atoms with Gasteiger partial charge in [0.1, 0.15) is 17.0 Å². The van der Waals surface area contributed by atoms with Crippen LogP contribution in [-0.4, -0.2) is 87.4 Å². The zero-order valence-corrected chi connectivity index (χ0v) is 28.4. The monoisotopic (exact) mass is 685 g/mol. The number of hydrogen-bond acceptors (Lipinski definition) is 10. The number of nitrogens with one attached hydrogen (secondary N) is 2. The SMILES string of the molecule is CC(C)c1nc(C(=O)N2CCOC3(CCN(Cc4cc(CCNC[C@H](O)c5ccc(O)c6[nH]c(=O)sc56)ccc4Cl)CC3)C2)cs1. The molecule has 2 aromatic carbocycles. The number of rotatable bonds is 10. The number of halogens is 1. The summed E-state index contributed by atoms with van der Waals surface area (Å²) in [6.45, 7) is 9.33. The zero-order valence-electron chi connectivity index (χ0n) is 26.1. The van der Waals surface area contributed by atoms with E-state index in [9.17, 15) is 19.8 Å². The molecule has 4 aromatic rings. The lowest BCUT2D eigenvalue weighted by molar-refractivity contribution is -0.128. The molecule has 6 rings (SSSR count). The van der Waals surface area contributed by atoms with Crippen molar-refractivity contribution >= 4 is 50.4 Å². The highest BCUT2D eigenvalue weighted by Gasteiger charge is 2.41. The summed E-state index contributed by atoms with van der Waals surface area (Å²) in [7, 11) is 0. The molecule has 2 fully saturated rings. The van der Waals surface area contributed by atoms with Crippen molar-refractivity contribution in [2.24, 2.45) is 0 Å². The van der Waals surface area contributed by atoms with Crippen molar-refractivity contribution in [1.82, 2.24) is 25.1 Å². The number of H-pyrrole nitrogens is 1. The molecule has 0 radical (unpaired) electrons. The number of aromatic amines is 1. The fourth-order valence-electron chi connectivity index (χ4n) is 6.28. The van der Waals surface area contributed by atoms with Crippen LogP contribution < -0.4 is 10.2 Å². The van der Waals surface area contributed by atoms with Crippen molar-refractivity contribution in [2.75, 3.05) is 45.9 Å². The number of likely N-dealkylation sites (tertiary alicyclic amines) is 1. The number of thiazole rings is 2. The number of aliphatic hydroxyl groups excluding tert-OH is 1. The van der Waals surface area contributed by atoms with Crippen LogP contribution in [0.15, 0.2) is 40.5 Å².